The van der Waals surface area contributed by atoms with Gasteiger partial charge in [0.05, 0.1) is 5.92 Å². The summed E-state index contributed by atoms with van der Waals surface area (Å²) >= 11 is 0. The van der Waals surface area contributed by atoms with Crippen LogP contribution in [0.5, 0.6) is 0 Å². The lowest BCUT2D eigenvalue weighted by molar-refractivity contribution is -0.167. The number of carboxylic acid groups (broad SMARTS) is 1. The van der Waals surface area contributed by atoms with E-state index >= 15 is 0 Å². The largest absolute Gasteiger partial charge is 0.481 e. The minimum absolute atomic E-state index is 0.0538. The Bertz CT molecular complexity index is 758. The number of hydrogen-bond acceptors (Lipinski definition) is 5. The molecule has 4 atom stereocenters. The van der Waals surface area contributed by atoms with Crippen molar-refractivity contribution in [1.82, 2.24) is 10.3 Å². The molecule has 2 aliphatic carbocycles. The van der Waals surface area contributed by atoms with Crippen LogP contribution < -0.4 is 11.1 Å². The molecule has 0 bridgehead atoms. The highest BCUT2D eigenvalue weighted by Gasteiger charge is 2.57. The first-order valence-electron chi connectivity index (χ1n) is 10.7. The number of aliphatic carboxylic acids is 1. The number of hydrogen-bond donors (Lipinski definition) is 3. The van der Waals surface area contributed by atoms with Crippen LogP contribution in [0.2, 0.25) is 0 Å². The van der Waals surface area contributed by atoms with E-state index in [4.69, 9.17) is 5.73 Å². The van der Waals surface area contributed by atoms with Crippen LogP contribution in [-0.2, 0) is 20.8 Å². The maximum absolute atomic E-state index is 12.8. The summed E-state index contributed by atoms with van der Waals surface area (Å²) in [6.07, 6.45) is 9.94. The number of carboxylic acids is 1. The van der Waals surface area contributed by atoms with E-state index in [1.807, 2.05) is 6.92 Å². The lowest BCUT2D eigenvalue weighted by Crippen LogP contribution is -2.59. The van der Waals surface area contributed by atoms with E-state index in [0.717, 1.165) is 31.2 Å². The number of carbonyl (C=O) groups excluding carboxylic acids is 2. The highest BCUT2D eigenvalue weighted by molar-refractivity contribution is 6.12. The van der Waals surface area contributed by atoms with Crippen LogP contribution >= 0.6 is 0 Å². The van der Waals surface area contributed by atoms with E-state index in [1.165, 1.54) is 25.5 Å². The van der Waals surface area contributed by atoms with Crippen LogP contribution in [0.15, 0.2) is 18.3 Å². The van der Waals surface area contributed by atoms with Crippen LogP contribution in [0.1, 0.15) is 57.4 Å². The summed E-state index contributed by atoms with van der Waals surface area (Å²) in [5.74, 6) is -3.94. The predicted octanol–water partition coefficient (Wildman–Crippen LogP) is 2.59. The van der Waals surface area contributed by atoms with Crippen LogP contribution in [-0.4, -0.2) is 33.8 Å². The summed E-state index contributed by atoms with van der Waals surface area (Å²) in [6, 6.07) is 3.30. The molecular weight excluding hydrogens is 370 g/mol. The zero-order valence-electron chi connectivity index (χ0n) is 17.0. The first kappa shape index (κ1) is 21.3. The topological polar surface area (TPSA) is 122 Å². The summed E-state index contributed by atoms with van der Waals surface area (Å²) in [4.78, 5) is 41.2. The molecule has 1 unspecified atom stereocenters. The van der Waals surface area contributed by atoms with Gasteiger partial charge in [-0.15, -0.1) is 0 Å². The Morgan fingerprint density at radius 2 is 1.90 bits per heavy atom. The maximum Gasteiger partial charge on any atom is 0.308 e. The lowest BCUT2D eigenvalue weighted by atomic mass is 9.61. The third-order valence-electron chi connectivity index (χ3n) is 6.56. The number of nitrogen functional groups attached to an aromatic ring is 1. The van der Waals surface area contributed by atoms with Crippen LogP contribution in [0, 0.1) is 23.7 Å². The first-order chi connectivity index (χ1) is 13.9. The monoisotopic (exact) mass is 401 g/mol. The smallest absolute Gasteiger partial charge is 0.308 e. The van der Waals surface area contributed by atoms with Crippen molar-refractivity contribution >= 4 is 23.5 Å². The number of ketones is 1. The number of pyridine rings is 1. The van der Waals surface area contributed by atoms with Gasteiger partial charge in [0.1, 0.15) is 11.7 Å². The molecule has 1 aromatic rings. The van der Waals surface area contributed by atoms with E-state index in [9.17, 15) is 19.5 Å². The molecule has 3 rings (SSSR count). The Kier molecular flexibility index (Phi) is 6.87. The average molecular weight is 402 g/mol. The second-order valence-electron chi connectivity index (χ2n) is 8.55. The minimum Gasteiger partial charge on any atom is -0.481 e. The Hall–Kier alpha value is -2.44. The summed E-state index contributed by atoms with van der Waals surface area (Å²) in [7, 11) is 0. The molecule has 7 heteroatoms. The number of amides is 1. The third-order valence-corrected chi connectivity index (χ3v) is 6.56. The van der Waals surface area contributed by atoms with Gasteiger partial charge in [-0.1, -0.05) is 32.1 Å². The molecule has 0 spiro atoms. The second-order valence-corrected chi connectivity index (χ2v) is 8.55. The molecule has 7 nitrogen and oxygen atoms in total. The molecular formula is C22H31N3O4. The number of nitrogens with zero attached hydrogens (tertiary/aromatic N) is 1. The van der Waals surface area contributed by atoms with Gasteiger partial charge < -0.3 is 16.2 Å². The van der Waals surface area contributed by atoms with E-state index in [0.29, 0.717) is 11.7 Å². The quantitative estimate of drug-likeness (QED) is 0.630. The van der Waals surface area contributed by atoms with Gasteiger partial charge in [-0.2, -0.15) is 0 Å². The predicted molar refractivity (Wildman–Crippen MR) is 109 cm³/mol. The average Bonchev–Trinajstić information content (AvgIpc) is 2.63. The number of nitrogens with two attached hydrogens (primary N) is 1. The molecule has 4 N–H and O–H groups in total. The van der Waals surface area contributed by atoms with Crippen molar-refractivity contribution in [3.8, 4) is 0 Å². The van der Waals surface area contributed by atoms with E-state index < -0.39 is 29.6 Å². The van der Waals surface area contributed by atoms with Crippen LogP contribution in [0.4, 0.5) is 5.82 Å². The molecule has 0 aromatic carbocycles. The van der Waals surface area contributed by atoms with Crippen LogP contribution in [0.3, 0.4) is 0 Å². The lowest BCUT2D eigenvalue weighted by Gasteiger charge is -2.40. The number of anilines is 1. The Balaban J connectivity index is 1.63. The molecule has 1 amide bonds. The van der Waals surface area contributed by atoms with Gasteiger partial charge in [0.15, 0.2) is 5.78 Å². The zero-order chi connectivity index (χ0) is 21.0. The van der Waals surface area contributed by atoms with Gasteiger partial charge in [-0.05, 0) is 49.8 Å². The summed E-state index contributed by atoms with van der Waals surface area (Å²) in [5.41, 5.74) is 6.42. The normalized spacial score (nSPS) is 26.7. The van der Waals surface area contributed by atoms with Crippen molar-refractivity contribution in [2.24, 2.45) is 23.7 Å². The Morgan fingerprint density at radius 1 is 1.24 bits per heavy atom. The van der Waals surface area contributed by atoms with Crippen molar-refractivity contribution in [2.45, 2.75) is 64.3 Å². The van der Waals surface area contributed by atoms with Gasteiger partial charge in [-0.3, -0.25) is 14.4 Å². The van der Waals surface area contributed by atoms with Gasteiger partial charge in [0.25, 0.3) is 0 Å². The molecule has 2 fully saturated rings. The van der Waals surface area contributed by atoms with Gasteiger partial charge in [-0.25, -0.2) is 4.98 Å². The minimum atomic E-state index is -1.10. The molecule has 0 aliphatic heterocycles. The number of carbonyl (C=O) groups is 3. The van der Waals surface area contributed by atoms with Crippen molar-refractivity contribution in [3.63, 3.8) is 0 Å². The molecule has 2 aliphatic rings. The molecule has 158 valence electrons. The third kappa shape index (κ3) is 4.95. The van der Waals surface area contributed by atoms with Gasteiger partial charge >= 0.3 is 5.97 Å². The van der Waals surface area contributed by atoms with E-state index in [1.54, 1.807) is 12.1 Å². The van der Waals surface area contributed by atoms with Gasteiger partial charge in [0, 0.05) is 18.2 Å². The highest BCUT2D eigenvalue weighted by Crippen LogP contribution is 2.40. The van der Waals surface area contributed by atoms with Crippen molar-refractivity contribution in [3.05, 3.63) is 23.9 Å². The number of aromatic nitrogens is 1. The van der Waals surface area contributed by atoms with E-state index in [2.05, 4.69) is 10.3 Å². The molecule has 0 radical (unpaired) electrons. The SMILES string of the molecule is C[C@@H](NC(=O)C1C(=O)[C@H](Cc2ccnc(N)c2)[C@H]1C(=O)O)C1CCCCCCC1. The first-order valence-corrected chi connectivity index (χ1v) is 10.7. The molecule has 0 saturated heterocycles. The molecule has 1 heterocycles. The summed E-state index contributed by atoms with van der Waals surface area (Å²) in [6.45, 7) is 1.97. The number of rotatable bonds is 6. The van der Waals surface area contributed by atoms with Crippen molar-refractivity contribution < 1.29 is 19.5 Å². The zero-order valence-corrected chi connectivity index (χ0v) is 17.0. The Labute approximate surface area is 171 Å². The number of nitrogens with one attached hydrogen (secondary N) is 1. The van der Waals surface area contributed by atoms with Crippen molar-refractivity contribution in [1.29, 1.82) is 0 Å². The van der Waals surface area contributed by atoms with Crippen molar-refractivity contribution in [2.75, 3.05) is 5.73 Å². The molecule has 2 saturated carbocycles. The summed E-state index contributed by atoms with van der Waals surface area (Å²) < 4.78 is 0. The highest BCUT2D eigenvalue weighted by atomic mass is 16.4. The fourth-order valence-electron chi connectivity index (χ4n) is 4.83. The molecule has 29 heavy (non-hydrogen) atoms. The molecule has 1 aromatic heterocycles. The summed E-state index contributed by atoms with van der Waals surface area (Å²) in [5, 5.41) is 12.6. The number of Topliss-reactive ketones (excluding diaryl/α,β-unsaturated/α-hetero) is 1. The van der Waals surface area contributed by atoms with Crippen LogP contribution in [0.25, 0.3) is 0 Å². The maximum atomic E-state index is 12.8. The Morgan fingerprint density at radius 3 is 2.52 bits per heavy atom. The fraction of sp³-hybridized carbons (Fsp3) is 0.636. The van der Waals surface area contributed by atoms with E-state index in [-0.39, 0.29) is 18.2 Å². The van der Waals surface area contributed by atoms with Gasteiger partial charge in [0.2, 0.25) is 5.91 Å². The fourth-order valence-corrected chi connectivity index (χ4v) is 4.83. The standard InChI is InChI=1S/C22H31N3O4/c1-13(15-7-5-3-2-4-6-8-15)25-21(27)19-18(22(28)29)16(20(19)26)11-14-9-10-24-17(23)12-14/h9-10,12-13,15-16,18-19H,2-8,11H2,1H3,(H2,23,24)(H,25,27)(H,28,29)/t13-,16-,18-,19?/m1/s1. The second kappa shape index (κ2) is 9.37.